The third-order valence-electron chi connectivity index (χ3n) is 2.55. The molecule has 0 saturated heterocycles. The molecule has 0 amide bonds. The van der Waals surface area contributed by atoms with Crippen LogP contribution in [0.15, 0.2) is 0 Å². The molecular weight excluding hydrogens is 236 g/mol. The maximum absolute atomic E-state index is 10.6. The lowest BCUT2D eigenvalue weighted by Crippen LogP contribution is -2.35. The standard InChI is InChI=1S/C12H20N2O4/c1-12(2,9-13)5-3-4-6-14(7-10(15)16)8-11(17)18/h3-8H2,1-2H3,(H,15,16)(H,17,18). The Hall–Kier alpha value is -1.61. The van der Waals surface area contributed by atoms with Gasteiger partial charge in [0.2, 0.25) is 0 Å². The molecule has 0 aromatic heterocycles. The van der Waals surface area contributed by atoms with Gasteiger partial charge >= 0.3 is 11.9 Å². The van der Waals surface area contributed by atoms with Crippen molar-refractivity contribution in [3.8, 4) is 6.07 Å². The smallest absolute Gasteiger partial charge is 0.317 e. The van der Waals surface area contributed by atoms with Gasteiger partial charge in [-0.3, -0.25) is 14.5 Å². The highest BCUT2D eigenvalue weighted by molar-refractivity contribution is 5.72. The van der Waals surface area contributed by atoms with E-state index in [1.54, 1.807) is 0 Å². The summed E-state index contributed by atoms with van der Waals surface area (Å²) in [5.74, 6) is -2.07. The Morgan fingerprint density at radius 3 is 2.06 bits per heavy atom. The lowest BCUT2D eigenvalue weighted by atomic mass is 9.89. The number of unbranched alkanes of at least 4 members (excludes halogenated alkanes) is 1. The highest BCUT2D eigenvalue weighted by Gasteiger charge is 2.17. The molecule has 0 atom stereocenters. The molecule has 6 heteroatoms. The van der Waals surface area contributed by atoms with Gasteiger partial charge in [0.15, 0.2) is 0 Å². The first-order chi connectivity index (χ1) is 8.26. The monoisotopic (exact) mass is 256 g/mol. The number of rotatable bonds is 9. The molecule has 6 nitrogen and oxygen atoms in total. The number of nitriles is 1. The second-order valence-electron chi connectivity index (χ2n) is 4.95. The topological polar surface area (TPSA) is 102 Å². The van der Waals surface area contributed by atoms with Crippen molar-refractivity contribution in [2.45, 2.75) is 33.1 Å². The van der Waals surface area contributed by atoms with Crippen LogP contribution >= 0.6 is 0 Å². The van der Waals surface area contributed by atoms with Crippen LogP contribution in [-0.4, -0.2) is 46.7 Å². The zero-order chi connectivity index (χ0) is 14.2. The zero-order valence-corrected chi connectivity index (χ0v) is 10.8. The summed E-state index contributed by atoms with van der Waals surface area (Å²) in [6.07, 6.45) is 2.18. The first-order valence-electron chi connectivity index (χ1n) is 5.84. The van der Waals surface area contributed by atoms with E-state index in [1.807, 2.05) is 13.8 Å². The highest BCUT2D eigenvalue weighted by Crippen LogP contribution is 2.21. The first-order valence-corrected chi connectivity index (χ1v) is 5.84. The van der Waals surface area contributed by atoms with Gasteiger partial charge in [-0.2, -0.15) is 5.26 Å². The van der Waals surface area contributed by atoms with Crippen molar-refractivity contribution >= 4 is 11.9 Å². The van der Waals surface area contributed by atoms with Gasteiger partial charge in [-0.1, -0.05) is 6.42 Å². The summed E-state index contributed by atoms with van der Waals surface area (Å²) in [4.78, 5) is 22.5. The van der Waals surface area contributed by atoms with Crippen LogP contribution < -0.4 is 0 Å². The average Bonchev–Trinajstić information content (AvgIpc) is 2.22. The van der Waals surface area contributed by atoms with Crippen molar-refractivity contribution in [2.24, 2.45) is 5.41 Å². The van der Waals surface area contributed by atoms with Crippen LogP contribution in [0.5, 0.6) is 0 Å². The largest absolute Gasteiger partial charge is 0.480 e. The van der Waals surface area contributed by atoms with Gasteiger partial charge in [0.05, 0.1) is 24.6 Å². The van der Waals surface area contributed by atoms with E-state index >= 15 is 0 Å². The Morgan fingerprint density at radius 1 is 1.17 bits per heavy atom. The van der Waals surface area contributed by atoms with Gasteiger partial charge in [0.1, 0.15) is 0 Å². The van der Waals surface area contributed by atoms with Crippen LogP contribution in [0.25, 0.3) is 0 Å². The summed E-state index contributed by atoms with van der Waals surface area (Å²) in [6, 6.07) is 2.19. The van der Waals surface area contributed by atoms with Gasteiger partial charge in [-0.25, -0.2) is 0 Å². The molecule has 18 heavy (non-hydrogen) atoms. The molecule has 0 bridgehead atoms. The van der Waals surface area contributed by atoms with Crippen LogP contribution in [0.1, 0.15) is 33.1 Å². The maximum atomic E-state index is 10.6. The quantitative estimate of drug-likeness (QED) is 0.600. The Labute approximate surface area is 107 Å². The molecule has 0 radical (unpaired) electrons. The number of carbonyl (C=O) groups is 2. The summed E-state index contributed by atoms with van der Waals surface area (Å²) in [5.41, 5.74) is -0.384. The minimum Gasteiger partial charge on any atom is -0.480 e. The summed E-state index contributed by atoms with van der Waals surface area (Å²) < 4.78 is 0. The predicted octanol–water partition coefficient (Wildman–Crippen LogP) is 1.18. The Balaban J connectivity index is 4.01. The number of carboxylic acids is 2. The molecule has 0 aliphatic rings. The average molecular weight is 256 g/mol. The van der Waals surface area contributed by atoms with Crippen molar-refractivity contribution in [3.63, 3.8) is 0 Å². The minimum absolute atomic E-state index is 0.270. The van der Waals surface area contributed by atoms with E-state index in [1.165, 1.54) is 4.90 Å². The normalized spacial score (nSPS) is 11.2. The molecule has 0 spiro atoms. The molecule has 0 aliphatic heterocycles. The molecule has 0 unspecified atom stereocenters. The van der Waals surface area contributed by atoms with E-state index in [9.17, 15) is 9.59 Å². The van der Waals surface area contributed by atoms with Crippen molar-refractivity contribution < 1.29 is 19.8 Å². The molecule has 0 aromatic carbocycles. The molecule has 0 saturated carbocycles. The van der Waals surface area contributed by atoms with Crippen molar-refractivity contribution in [3.05, 3.63) is 0 Å². The van der Waals surface area contributed by atoms with Gasteiger partial charge in [0, 0.05) is 0 Å². The van der Waals surface area contributed by atoms with Crippen molar-refractivity contribution in [1.29, 1.82) is 5.26 Å². The van der Waals surface area contributed by atoms with Crippen molar-refractivity contribution in [1.82, 2.24) is 4.90 Å². The summed E-state index contributed by atoms with van der Waals surface area (Å²) >= 11 is 0. The third-order valence-corrected chi connectivity index (χ3v) is 2.55. The molecule has 0 heterocycles. The van der Waals surface area contributed by atoms with Crippen LogP contribution in [0.2, 0.25) is 0 Å². The van der Waals surface area contributed by atoms with Crippen LogP contribution in [0, 0.1) is 16.7 Å². The highest BCUT2D eigenvalue weighted by atomic mass is 16.4. The van der Waals surface area contributed by atoms with E-state index in [-0.39, 0.29) is 18.5 Å². The molecular formula is C12H20N2O4. The lowest BCUT2D eigenvalue weighted by Gasteiger charge is -2.19. The molecule has 2 N–H and O–H groups in total. The summed E-state index contributed by atoms with van der Waals surface area (Å²) in [6.45, 7) is 3.57. The van der Waals surface area contributed by atoms with Gasteiger partial charge in [-0.15, -0.1) is 0 Å². The zero-order valence-electron chi connectivity index (χ0n) is 10.8. The number of hydrogen-bond donors (Lipinski definition) is 2. The molecule has 0 aliphatic carbocycles. The van der Waals surface area contributed by atoms with E-state index in [4.69, 9.17) is 15.5 Å². The van der Waals surface area contributed by atoms with Crippen LogP contribution in [0.4, 0.5) is 0 Å². The Morgan fingerprint density at radius 2 is 1.67 bits per heavy atom. The summed E-state index contributed by atoms with van der Waals surface area (Å²) in [7, 11) is 0. The Bertz CT molecular complexity index is 317. The number of nitrogens with zero attached hydrogens (tertiary/aromatic N) is 2. The summed E-state index contributed by atoms with van der Waals surface area (Å²) in [5, 5.41) is 26.1. The second kappa shape index (κ2) is 7.67. The SMILES string of the molecule is CC(C)(C#N)CCCCN(CC(=O)O)CC(=O)O. The van der Waals surface area contributed by atoms with E-state index in [2.05, 4.69) is 6.07 Å². The second-order valence-corrected chi connectivity index (χ2v) is 4.95. The van der Waals surface area contributed by atoms with Gasteiger partial charge in [0.25, 0.3) is 0 Å². The minimum atomic E-state index is -1.03. The van der Waals surface area contributed by atoms with Crippen LogP contribution in [0.3, 0.4) is 0 Å². The number of carboxylic acid groups (broad SMARTS) is 2. The fraction of sp³-hybridized carbons (Fsp3) is 0.750. The third kappa shape index (κ3) is 8.53. The number of aliphatic carboxylic acids is 2. The van der Waals surface area contributed by atoms with E-state index in [0.29, 0.717) is 13.0 Å². The lowest BCUT2D eigenvalue weighted by molar-refractivity contribution is -0.141. The number of hydrogen-bond acceptors (Lipinski definition) is 4. The first kappa shape index (κ1) is 16.4. The fourth-order valence-corrected chi connectivity index (χ4v) is 1.55. The maximum Gasteiger partial charge on any atom is 0.317 e. The van der Waals surface area contributed by atoms with Gasteiger partial charge in [-0.05, 0) is 33.2 Å². The predicted molar refractivity (Wildman–Crippen MR) is 65.0 cm³/mol. The van der Waals surface area contributed by atoms with E-state index < -0.39 is 11.9 Å². The molecule has 0 fully saturated rings. The molecule has 0 rings (SSSR count). The Kier molecular flexibility index (Phi) is 6.98. The van der Waals surface area contributed by atoms with Crippen LogP contribution in [-0.2, 0) is 9.59 Å². The molecule has 0 aromatic rings. The van der Waals surface area contributed by atoms with Crippen molar-refractivity contribution in [2.75, 3.05) is 19.6 Å². The van der Waals surface area contributed by atoms with Gasteiger partial charge < -0.3 is 10.2 Å². The molecule has 102 valence electrons. The van der Waals surface area contributed by atoms with E-state index in [0.717, 1.165) is 12.8 Å². The fourth-order valence-electron chi connectivity index (χ4n) is 1.55.